The Morgan fingerprint density at radius 3 is 2.30 bits per heavy atom. The van der Waals surface area contributed by atoms with Crippen molar-refractivity contribution >= 4 is 28.0 Å². The number of pyridine rings is 1. The molecule has 0 unspecified atom stereocenters. The molecule has 3 aromatic rings. The zero-order valence-corrected chi connectivity index (χ0v) is 23.3. The van der Waals surface area contributed by atoms with E-state index in [1.54, 1.807) is 0 Å². The number of nitrogens with zero attached hydrogens (tertiary/aromatic N) is 1. The van der Waals surface area contributed by atoms with E-state index in [1.807, 2.05) is 36.8 Å². The van der Waals surface area contributed by atoms with Crippen molar-refractivity contribution in [2.75, 3.05) is 6.54 Å². The quantitative estimate of drug-likeness (QED) is 0.225. The van der Waals surface area contributed by atoms with Gasteiger partial charge in [0, 0.05) is 24.4 Å². The van der Waals surface area contributed by atoms with Crippen molar-refractivity contribution in [3.8, 4) is 5.88 Å². The van der Waals surface area contributed by atoms with Crippen LogP contribution in [0.15, 0.2) is 77.8 Å². The third-order valence-corrected chi connectivity index (χ3v) is 7.34. The van der Waals surface area contributed by atoms with E-state index < -0.39 is 28.0 Å². The van der Waals surface area contributed by atoms with Gasteiger partial charge in [0.25, 0.3) is 21.8 Å². The van der Waals surface area contributed by atoms with E-state index in [-0.39, 0.29) is 28.0 Å². The van der Waals surface area contributed by atoms with Crippen molar-refractivity contribution in [3.63, 3.8) is 0 Å². The van der Waals surface area contributed by atoms with E-state index in [0.29, 0.717) is 19.4 Å². The molecule has 11 heteroatoms. The Kier molecular flexibility index (Phi) is 11.2. The molecule has 2 amide bonds. The first-order chi connectivity index (χ1) is 19.2. The molecule has 1 heterocycles. The predicted molar refractivity (Wildman–Crippen MR) is 149 cm³/mol. The van der Waals surface area contributed by atoms with Gasteiger partial charge < -0.3 is 14.8 Å². The fourth-order valence-corrected chi connectivity index (χ4v) is 4.74. The molecule has 212 valence electrons. The summed E-state index contributed by atoms with van der Waals surface area (Å²) in [5, 5.41) is 2.79. The van der Waals surface area contributed by atoms with Gasteiger partial charge in [0.15, 0.2) is 0 Å². The molecule has 1 aromatic heterocycles. The normalized spacial score (nSPS) is 11.1. The maximum atomic E-state index is 12.8. The van der Waals surface area contributed by atoms with Gasteiger partial charge in [0.2, 0.25) is 5.88 Å². The molecule has 0 aliphatic carbocycles. The van der Waals surface area contributed by atoms with Crippen molar-refractivity contribution in [1.29, 1.82) is 0 Å². The number of amides is 2. The van der Waals surface area contributed by atoms with E-state index in [9.17, 15) is 22.8 Å². The number of sulfonamides is 1. The van der Waals surface area contributed by atoms with Crippen molar-refractivity contribution in [3.05, 3.63) is 89.6 Å². The molecule has 0 saturated heterocycles. The largest absolute Gasteiger partial charge is 0.515 e. The van der Waals surface area contributed by atoms with E-state index >= 15 is 0 Å². The van der Waals surface area contributed by atoms with Crippen molar-refractivity contribution in [2.24, 2.45) is 0 Å². The number of hydrogen-bond acceptors (Lipinski definition) is 8. The molecule has 0 fully saturated rings. The zero-order valence-electron chi connectivity index (χ0n) is 22.5. The molecule has 0 aliphatic heterocycles. The van der Waals surface area contributed by atoms with Crippen LogP contribution in [0.25, 0.3) is 0 Å². The van der Waals surface area contributed by atoms with Crippen molar-refractivity contribution in [2.45, 2.75) is 57.0 Å². The second kappa shape index (κ2) is 14.8. The average molecular weight is 568 g/mol. The lowest BCUT2D eigenvalue weighted by atomic mass is 10.1. The summed E-state index contributed by atoms with van der Waals surface area (Å²) < 4.78 is 37.7. The van der Waals surface area contributed by atoms with E-state index in [1.165, 1.54) is 42.0 Å². The second-order valence-electron chi connectivity index (χ2n) is 8.95. The van der Waals surface area contributed by atoms with Gasteiger partial charge in [-0.15, -0.1) is 0 Å². The third kappa shape index (κ3) is 9.19. The molecule has 2 N–H and O–H groups in total. The Labute approximate surface area is 234 Å². The Hall–Kier alpha value is -4.25. The summed E-state index contributed by atoms with van der Waals surface area (Å²) in [5.41, 5.74) is 1.31. The minimum Gasteiger partial charge on any atom is -0.431 e. The van der Waals surface area contributed by atoms with Gasteiger partial charge in [-0.05, 0) is 61.9 Å². The molecule has 0 spiro atoms. The number of unbranched alkanes of at least 4 members (excludes halogenated alkanes) is 1. The lowest BCUT2D eigenvalue weighted by Gasteiger charge is -2.13. The molecule has 40 heavy (non-hydrogen) atoms. The van der Waals surface area contributed by atoms with Crippen LogP contribution in [-0.2, 0) is 21.2 Å². The number of carbonyl (C=O) groups is 3. The highest BCUT2D eigenvalue weighted by molar-refractivity contribution is 7.90. The fraction of sp³-hybridized carbons (Fsp3) is 0.310. The number of hydrogen-bond donors (Lipinski definition) is 2. The first-order valence-corrected chi connectivity index (χ1v) is 14.5. The van der Waals surface area contributed by atoms with Crippen LogP contribution in [0, 0.1) is 0 Å². The van der Waals surface area contributed by atoms with Crippen LogP contribution < -0.4 is 14.8 Å². The van der Waals surface area contributed by atoms with Gasteiger partial charge in [-0.25, -0.2) is 22.9 Å². The summed E-state index contributed by atoms with van der Waals surface area (Å²) in [7, 11) is -4.28. The van der Waals surface area contributed by atoms with Crippen LogP contribution in [-0.4, -0.2) is 44.0 Å². The average Bonchev–Trinajstić information content (AvgIpc) is 2.96. The molecule has 10 nitrogen and oxygen atoms in total. The van der Waals surface area contributed by atoms with Crippen LogP contribution in [0.3, 0.4) is 0 Å². The van der Waals surface area contributed by atoms with Gasteiger partial charge in [0.05, 0.1) is 10.5 Å². The van der Waals surface area contributed by atoms with Crippen LogP contribution in [0.4, 0.5) is 4.79 Å². The summed E-state index contributed by atoms with van der Waals surface area (Å²) in [4.78, 5) is 40.6. The Morgan fingerprint density at radius 2 is 1.62 bits per heavy atom. The van der Waals surface area contributed by atoms with E-state index in [4.69, 9.17) is 9.47 Å². The monoisotopic (exact) mass is 567 g/mol. The van der Waals surface area contributed by atoms with Gasteiger partial charge in [-0.3, -0.25) is 9.59 Å². The van der Waals surface area contributed by atoms with Crippen LogP contribution >= 0.6 is 0 Å². The first-order valence-electron chi connectivity index (χ1n) is 13.1. The molecular weight excluding hydrogens is 534 g/mol. The van der Waals surface area contributed by atoms with Gasteiger partial charge in [-0.2, -0.15) is 0 Å². The molecule has 0 bridgehead atoms. The minimum absolute atomic E-state index is 0.0753. The lowest BCUT2D eigenvalue weighted by Crippen LogP contribution is -2.31. The summed E-state index contributed by atoms with van der Waals surface area (Å²) in [5.74, 6) is -1.45. The SMILES string of the molecule is CCC(CC)OC(=O)Oc1ccc(C(=O)NS(=O)(=O)c2cccc(C(=O)NCCCCc3ccccc3)c2)cn1. The second-order valence-corrected chi connectivity index (χ2v) is 10.6. The van der Waals surface area contributed by atoms with Crippen molar-refractivity contribution < 1.29 is 32.3 Å². The topological polar surface area (TPSA) is 141 Å². The molecule has 2 aromatic carbocycles. The van der Waals surface area contributed by atoms with Crippen molar-refractivity contribution in [1.82, 2.24) is 15.0 Å². The van der Waals surface area contributed by atoms with Gasteiger partial charge in [-0.1, -0.05) is 50.2 Å². The Morgan fingerprint density at radius 1 is 0.875 bits per heavy atom. The lowest BCUT2D eigenvalue weighted by molar-refractivity contribution is 0.0538. The highest BCUT2D eigenvalue weighted by Gasteiger charge is 2.21. The van der Waals surface area contributed by atoms with E-state index in [0.717, 1.165) is 25.5 Å². The summed E-state index contributed by atoms with van der Waals surface area (Å²) in [6.45, 7) is 4.20. The van der Waals surface area contributed by atoms with Gasteiger partial charge in [0.1, 0.15) is 6.10 Å². The van der Waals surface area contributed by atoms with Crippen LogP contribution in [0.1, 0.15) is 65.8 Å². The Balaban J connectivity index is 1.53. The summed E-state index contributed by atoms with van der Waals surface area (Å²) in [6.07, 6.45) is 3.72. The summed E-state index contributed by atoms with van der Waals surface area (Å²) >= 11 is 0. The molecule has 0 radical (unpaired) electrons. The standard InChI is InChI=1S/C29H33N3O7S/c1-3-24(4-2)38-29(35)39-26-17-16-23(20-31-26)28(34)32-40(36,37)25-15-10-14-22(19-25)27(33)30-18-9-8-13-21-11-6-5-7-12-21/h5-7,10-12,14-17,19-20,24H,3-4,8-9,13,18H2,1-2H3,(H,30,33)(H,32,34). The third-order valence-electron chi connectivity index (χ3n) is 6.01. The smallest absolute Gasteiger partial charge is 0.431 e. The summed E-state index contributed by atoms with van der Waals surface area (Å²) in [6, 6.07) is 18.0. The first kappa shape index (κ1) is 30.3. The number of rotatable bonds is 13. The maximum Gasteiger partial charge on any atom is 0.515 e. The van der Waals surface area contributed by atoms with E-state index in [2.05, 4.69) is 22.4 Å². The van der Waals surface area contributed by atoms with Crippen LogP contribution in [0.2, 0.25) is 0 Å². The number of aromatic nitrogens is 1. The van der Waals surface area contributed by atoms with Gasteiger partial charge >= 0.3 is 6.16 Å². The number of nitrogens with one attached hydrogen (secondary N) is 2. The van der Waals surface area contributed by atoms with Crippen LogP contribution in [0.5, 0.6) is 5.88 Å². The minimum atomic E-state index is -4.28. The number of aryl methyl sites for hydroxylation is 1. The molecule has 0 saturated carbocycles. The number of carbonyl (C=O) groups excluding carboxylic acids is 3. The molecule has 0 aliphatic rings. The number of ether oxygens (including phenoxy) is 2. The highest BCUT2D eigenvalue weighted by Crippen LogP contribution is 2.15. The predicted octanol–water partition coefficient (Wildman–Crippen LogP) is 4.66. The molecule has 0 atom stereocenters. The zero-order chi connectivity index (χ0) is 29.0. The maximum absolute atomic E-state index is 12.8. The highest BCUT2D eigenvalue weighted by atomic mass is 32.2. The molecular formula is C29H33N3O7S. The molecule has 3 rings (SSSR count). The Bertz CT molecular complexity index is 1390. The number of benzene rings is 2. The fourth-order valence-electron chi connectivity index (χ4n) is 3.72.